The van der Waals surface area contributed by atoms with Crippen LogP contribution in [0, 0.1) is 17.8 Å². The Bertz CT molecular complexity index is 911. The van der Waals surface area contributed by atoms with Crippen molar-refractivity contribution in [1.29, 1.82) is 0 Å². The smallest absolute Gasteiger partial charge is 0.307 e. The number of ether oxygens (including phenoxy) is 1. The lowest BCUT2D eigenvalue weighted by atomic mass is 10.1. The molecule has 146 valence electrons. The summed E-state index contributed by atoms with van der Waals surface area (Å²) in [6, 6.07) is 9.40. The van der Waals surface area contributed by atoms with Crippen molar-refractivity contribution in [1.82, 2.24) is 4.98 Å². The molecule has 1 aromatic carbocycles. The third-order valence-electron chi connectivity index (χ3n) is 5.32. The number of hydrogen-bond acceptors (Lipinski definition) is 5. The molecule has 4 rings (SSSR count). The van der Waals surface area contributed by atoms with Crippen LogP contribution in [0.15, 0.2) is 36.5 Å². The summed E-state index contributed by atoms with van der Waals surface area (Å²) in [5.74, 6) is -1.33. The van der Waals surface area contributed by atoms with Crippen LogP contribution in [0.25, 0.3) is 0 Å². The Hall–Kier alpha value is -2.60. The van der Waals surface area contributed by atoms with Crippen LogP contribution in [0.4, 0.5) is 11.4 Å². The molecule has 1 heterocycles. The molecule has 1 aromatic heterocycles. The molecule has 28 heavy (non-hydrogen) atoms. The van der Waals surface area contributed by atoms with Gasteiger partial charge in [0.15, 0.2) is 5.78 Å². The van der Waals surface area contributed by atoms with Gasteiger partial charge in [0, 0.05) is 29.2 Å². The average Bonchev–Trinajstić information content (AvgIpc) is 3.60. The van der Waals surface area contributed by atoms with E-state index in [2.05, 4.69) is 9.88 Å². The fraction of sp³-hybridized carbons (Fsp3) is 0.381. The van der Waals surface area contributed by atoms with Crippen molar-refractivity contribution in [3.05, 3.63) is 47.2 Å². The molecule has 2 aliphatic carbocycles. The number of carboxylic acids is 1. The molecule has 0 aliphatic heterocycles. The number of carboxylic acid groups (broad SMARTS) is 1. The van der Waals surface area contributed by atoms with Crippen LogP contribution in [0.5, 0.6) is 5.75 Å². The molecular weight excluding hydrogens is 380 g/mol. The summed E-state index contributed by atoms with van der Waals surface area (Å²) in [7, 11) is 1.49. The Balaban J connectivity index is 1.63. The van der Waals surface area contributed by atoms with Gasteiger partial charge in [-0.15, -0.1) is 0 Å². The first-order chi connectivity index (χ1) is 13.5. The minimum atomic E-state index is -0.938. The van der Waals surface area contributed by atoms with Crippen LogP contribution in [0.2, 0.25) is 5.02 Å². The zero-order valence-electron chi connectivity index (χ0n) is 15.5. The van der Waals surface area contributed by atoms with Crippen LogP contribution < -0.4 is 9.64 Å². The summed E-state index contributed by atoms with van der Waals surface area (Å²) in [5, 5.41) is 9.75. The second-order valence-electron chi connectivity index (χ2n) is 7.43. The van der Waals surface area contributed by atoms with E-state index in [1.807, 2.05) is 24.3 Å². The molecular formula is C21H21ClN2O4. The first kappa shape index (κ1) is 18.7. The maximum Gasteiger partial charge on any atom is 0.307 e. The highest BCUT2D eigenvalue weighted by molar-refractivity contribution is 6.30. The van der Waals surface area contributed by atoms with E-state index >= 15 is 0 Å². The molecule has 0 radical (unpaired) electrons. The third-order valence-corrected chi connectivity index (χ3v) is 5.58. The predicted octanol–water partition coefficient (Wildman–Crippen LogP) is 4.20. The molecule has 0 bridgehead atoms. The molecule has 0 amide bonds. The van der Waals surface area contributed by atoms with Gasteiger partial charge in [-0.3, -0.25) is 9.59 Å². The molecule has 7 heteroatoms. The highest BCUT2D eigenvalue weighted by Gasteiger charge is 2.49. The lowest BCUT2D eigenvalue weighted by molar-refractivity contribution is -0.138. The summed E-state index contributed by atoms with van der Waals surface area (Å²) >= 11 is 6.02. The van der Waals surface area contributed by atoms with E-state index in [1.54, 1.807) is 12.3 Å². The van der Waals surface area contributed by atoms with Crippen molar-refractivity contribution in [2.75, 3.05) is 18.6 Å². The number of carbonyl (C=O) groups is 2. The predicted molar refractivity (Wildman–Crippen MR) is 106 cm³/mol. The van der Waals surface area contributed by atoms with Crippen molar-refractivity contribution in [2.45, 2.75) is 19.3 Å². The molecule has 0 unspecified atom stereocenters. The number of anilines is 2. The molecule has 2 aromatic rings. The van der Waals surface area contributed by atoms with Crippen LogP contribution in [-0.4, -0.2) is 35.5 Å². The highest BCUT2D eigenvalue weighted by atomic mass is 35.5. The van der Waals surface area contributed by atoms with Crippen molar-refractivity contribution in [3.8, 4) is 5.75 Å². The molecule has 2 aliphatic rings. The number of nitrogens with zero attached hydrogens (tertiary/aromatic N) is 2. The third kappa shape index (κ3) is 3.83. The van der Waals surface area contributed by atoms with Gasteiger partial charge in [0.05, 0.1) is 24.9 Å². The quantitative estimate of drug-likeness (QED) is 0.669. The van der Waals surface area contributed by atoms with Gasteiger partial charge in [-0.25, -0.2) is 4.98 Å². The molecule has 6 nitrogen and oxygen atoms in total. The standard InChI is InChI=1S/C21H21ClN2O4/c1-28-18-8-15(10-23-19(18)20(25)16-9-17(16)21(26)27)24(11-12-2-3-12)14-6-4-13(22)5-7-14/h4-8,10,12,16-17H,2-3,9,11H2,1H3,(H,26,27)/t16-,17-/m1/s1. The topological polar surface area (TPSA) is 79.7 Å². The van der Waals surface area contributed by atoms with Crippen LogP contribution in [-0.2, 0) is 4.79 Å². The Morgan fingerprint density at radius 3 is 2.50 bits per heavy atom. The first-order valence-corrected chi connectivity index (χ1v) is 9.70. The Labute approximate surface area is 168 Å². The molecule has 2 atom stereocenters. The van der Waals surface area contributed by atoms with Gasteiger partial charge < -0.3 is 14.7 Å². The number of halogens is 1. The van der Waals surface area contributed by atoms with Gasteiger partial charge in [-0.2, -0.15) is 0 Å². The van der Waals surface area contributed by atoms with E-state index < -0.39 is 17.8 Å². The second kappa shape index (κ2) is 7.43. The SMILES string of the molecule is COc1cc(N(CC2CC2)c2ccc(Cl)cc2)cnc1C(=O)[C@@H]1C[C@H]1C(=O)O. The first-order valence-electron chi connectivity index (χ1n) is 9.32. The zero-order valence-corrected chi connectivity index (χ0v) is 16.2. The second-order valence-corrected chi connectivity index (χ2v) is 7.86. The number of rotatable bonds is 8. The van der Waals surface area contributed by atoms with Crippen LogP contribution >= 0.6 is 11.6 Å². The molecule has 2 saturated carbocycles. The van der Waals surface area contributed by atoms with Crippen LogP contribution in [0.3, 0.4) is 0 Å². The fourth-order valence-corrected chi connectivity index (χ4v) is 3.52. The number of hydrogen-bond donors (Lipinski definition) is 1. The van der Waals surface area contributed by atoms with Gasteiger partial charge in [-0.1, -0.05) is 11.6 Å². The summed E-state index contributed by atoms with van der Waals surface area (Å²) in [5.41, 5.74) is 2.02. The van der Waals surface area contributed by atoms with Crippen molar-refractivity contribution >= 4 is 34.7 Å². The van der Waals surface area contributed by atoms with Crippen LogP contribution in [0.1, 0.15) is 29.8 Å². The number of benzene rings is 1. The largest absolute Gasteiger partial charge is 0.494 e. The van der Waals surface area contributed by atoms with E-state index in [0.29, 0.717) is 23.1 Å². The van der Waals surface area contributed by atoms with Gasteiger partial charge in [0.1, 0.15) is 11.4 Å². The Morgan fingerprint density at radius 1 is 1.21 bits per heavy atom. The Morgan fingerprint density at radius 2 is 1.93 bits per heavy atom. The Kier molecular flexibility index (Phi) is 4.98. The normalized spacial score (nSPS) is 20.5. The summed E-state index contributed by atoms with van der Waals surface area (Å²) < 4.78 is 5.43. The monoisotopic (exact) mass is 400 g/mol. The van der Waals surface area contributed by atoms with E-state index in [4.69, 9.17) is 21.4 Å². The van der Waals surface area contributed by atoms with Gasteiger partial charge in [0.25, 0.3) is 0 Å². The number of pyridine rings is 1. The minimum Gasteiger partial charge on any atom is -0.494 e. The number of ketones is 1. The molecule has 0 spiro atoms. The summed E-state index contributed by atoms with van der Waals surface area (Å²) in [4.78, 5) is 30.2. The maximum atomic E-state index is 12.6. The molecule has 1 N–H and O–H groups in total. The lowest BCUT2D eigenvalue weighted by Gasteiger charge is -2.25. The van der Waals surface area contributed by atoms with Gasteiger partial charge in [-0.05, 0) is 49.4 Å². The molecule has 0 saturated heterocycles. The van der Waals surface area contributed by atoms with Crippen molar-refractivity contribution in [2.24, 2.45) is 17.8 Å². The summed E-state index contributed by atoms with van der Waals surface area (Å²) in [6.45, 7) is 0.851. The number of aromatic nitrogens is 1. The lowest BCUT2D eigenvalue weighted by Crippen LogP contribution is -2.21. The van der Waals surface area contributed by atoms with E-state index in [-0.39, 0.29) is 11.5 Å². The number of Topliss-reactive ketones (excluding diaryl/α,β-unsaturated/α-hetero) is 1. The van der Waals surface area contributed by atoms with Gasteiger partial charge in [0.2, 0.25) is 0 Å². The number of aliphatic carboxylic acids is 1. The number of carbonyl (C=O) groups excluding carboxylic acids is 1. The van der Waals surface area contributed by atoms with E-state index in [0.717, 1.165) is 17.9 Å². The highest BCUT2D eigenvalue weighted by Crippen LogP contribution is 2.43. The average molecular weight is 401 g/mol. The van der Waals surface area contributed by atoms with Crippen molar-refractivity contribution < 1.29 is 19.4 Å². The fourth-order valence-electron chi connectivity index (χ4n) is 3.40. The minimum absolute atomic E-state index is 0.197. The van der Waals surface area contributed by atoms with E-state index in [1.165, 1.54) is 20.0 Å². The number of methoxy groups -OCH3 is 1. The zero-order chi connectivity index (χ0) is 19.8. The van der Waals surface area contributed by atoms with Crippen molar-refractivity contribution in [3.63, 3.8) is 0 Å². The molecule has 2 fully saturated rings. The maximum absolute atomic E-state index is 12.6. The van der Waals surface area contributed by atoms with E-state index in [9.17, 15) is 9.59 Å². The summed E-state index contributed by atoms with van der Waals surface area (Å²) in [6.07, 6.45) is 4.41. The van der Waals surface area contributed by atoms with Gasteiger partial charge >= 0.3 is 5.97 Å².